The van der Waals surface area contributed by atoms with Crippen molar-refractivity contribution in [3.8, 4) is 0 Å². The van der Waals surface area contributed by atoms with Crippen molar-refractivity contribution in [2.24, 2.45) is 0 Å². The van der Waals surface area contributed by atoms with E-state index in [-0.39, 0.29) is 11.9 Å². The summed E-state index contributed by atoms with van der Waals surface area (Å²) in [6.07, 6.45) is 0.926. The minimum atomic E-state index is -0.154. The summed E-state index contributed by atoms with van der Waals surface area (Å²) < 4.78 is 1.92. The van der Waals surface area contributed by atoms with Gasteiger partial charge in [-0.3, -0.25) is 4.79 Å². The fourth-order valence-corrected chi connectivity index (χ4v) is 3.42. The highest BCUT2D eigenvalue weighted by atomic mass is 16.1. The van der Waals surface area contributed by atoms with Gasteiger partial charge >= 0.3 is 0 Å². The zero-order valence-corrected chi connectivity index (χ0v) is 16.7. The number of pyridine rings is 1. The van der Waals surface area contributed by atoms with Crippen LogP contribution in [0.2, 0.25) is 0 Å². The lowest BCUT2D eigenvalue weighted by atomic mass is 10.1. The van der Waals surface area contributed by atoms with Crippen LogP contribution in [0.4, 0.5) is 5.82 Å². The summed E-state index contributed by atoms with van der Waals surface area (Å²) in [7, 11) is 0. The van der Waals surface area contributed by atoms with Crippen molar-refractivity contribution in [2.75, 3.05) is 5.32 Å². The van der Waals surface area contributed by atoms with Crippen molar-refractivity contribution >= 4 is 33.7 Å². The first-order valence-corrected chi connectivity index (χ1v) is 9.64. The van der Waals surface area contributed by atoms with Crippen LogP contribution in [0.3, 0.4) is 0 Å². The third kappa shape index (κ3) is 3.13. The summed E-state index contributed by atoms with van der Waals surface area (Å²) in [5.74, 6) is 0.401. The van der Waals surface area contributed by atoms with Gasteiger partial charge in [0.1, 0.15) is 0 Å². The molecule has 1 N–H and O–H groups in total. The monoisotopic (exact) mass is 372 g/mol. The van der Waals surface area contributed by atoms with E-state index in [0.717, 1.165) is 33.9 Å². The molecule has 4 rings (SSSR count). The van der Waals surface area contributed by atoms with Gasteiger partial charge in [0, 0.05) is 10.9 Å². The molecule has 0 bridgehead atoms. The second-order valence-electron chi connectivity index (χ2n) is 7.38. The number of hydrogen-bond donors (Lipinski definition) is 1. The molecule has 1 amide bonds. The number of aryl methyl sites for hydroxylation is 2. The Morgan fingerprint density at radius 3 is 2.68 bits per heavy atom. The summed E-state index contributed by atoms with van der Waals surface area (Å²) in [5, 5.41) is 9.64. The molecule has 2 aromatic carbocycles. The fourth-order valence-electron chi connectivity index (χ4n) is 3.42. The molecule has 0 aliphatic carbocycles. The Balaban J connectivity index is 1.87. The number of carbonyl (C=O) groups excluding carboxylic acids is 1. The minimum Gasteiger partial charge on any atom is -0.304 e. The average Bonchev–Trinajstić information content (AvgIpc) is 3.03. The van der Waals surface area contributed by atoms with Crippen LogP contribution >= 0.6 is 0 Å². The zero-order valence-electron chi connectivity index (χ0n) is 16.7. The number of nitrogens with one attached hydrogen (secondary N) is 1. The van der Waals surface area contributed by atoms with E-state index in [4.69, 9.17) is 10.1 Å². The quantitative estimate of drug-likeness (QED) is 0.520. The van der Waals surface area contributed by atoms with E-state index in [0.29, 0.717) is 11.4 Å². The Labute approximate surface area is 164 Å². The highest BCUT2D eigenvalue weighted by Crippen LogP contribution is 2.29. The SMILES string of the molecule is CCC(C)n1nc(NC(=O)c2ccccc2C)c2cc3cc(C)ccc3nc21. The summed E-state index contributed by atoms with van der Waals surface area (Å²) in [5.41, 5.74) is 4.49. The molecule has 2 heterocycles. The molecule has 0 radical (unpaired) electrons. The Hall–Kier alpha value is -3.21. The molecule has 142 valence electrons. The minimum absolute atomic E-state index is 0.154. The van der Waals surface area contributed by atoms with Crippen LogP contribution in [0.5, 0.6) is 0 Å². The van der Waals surface area contributed by atoms with Crippen LogP contribution < -0.4 is 5.32 Å². The van der Waals surface area contributed by atoms with Gasteiger partial charge in [0.05, 0.1) is 16.9 Å². The Morgan fingerprint density at radius 2 is 1.93 bits per heavy atom. The molecule has 0 saturated carbocycles. The largest absolute Gasteiger partial charge is 0.304 e. The molecule has 1 unspecified atom stereocenters. The molecule has 1 atom stereocenters. The Kier molecular flexibility index (Phi) is 4.59. The van der Waals surface area contributed by atoms with Crippen molar-refractivity contribution in [1.82, 2.24) is 14.8 Å². The van der Waals surface area contributed by atoms with Gasteiger partial charge < -0.3 is 5.32 Å². The molecular weight excluding hydrogens is 348 g/mol. The predicted molar refractivity (Wildman–Crippen MR) is 114 cm³/mol. The van der Waals surface area contributed by atoms with Gasteiger partial charge in [0.2, 0.25) is 0 Å². The van der Waals surface area contributed by atoms with E-state index >= 15 is 0 Å². The molecule has 28 heavy (non-hydrogen) atoms. The maximum Gasteiger partial charge on any atom is 0.257 e. The van der Waals surface area contributed by atoms with Crippen molar-refractivity contribution in [1.29, 1.82) is 0 Å². The Morgan fingerprint density at radius 1 is 1.14 bits per heavy atom. The van der Waals surface area contributed by atoms with Crippen LogP contribution in [-0.2, 0) is 0 Å². The molecular formula is C23H24N4O. The number of fused-ring (bicyclic) bond motifs is 2. The van der Waals surface area contributed by atoms with Crippen molar-refractivity contribution in [3.05, 3.63) is 65.2 Å². The molecule has 0 saturated heterocycles. The van der Waals surface area contributed by atoms with E-state index in [1.54, 1.807) is 0 Å². The first kappa shape index (κ1) is 18.2. The van der Waals surface area contributed by atoms with Gasteiger partial charge in [-0.2, -0.15) is 5.10 Å². The van der Waals surface area contributed by atoms with Gasteiger partial charge in [0.15, 0.2) is 11.5 Å². The topological polar surface area (TPSA) is 59.8 Å². The molecule has 2 aromatic heterocycles. The third-order valence-electron chi connectivity index (χ3n) is 5.26. The van der Waals surface area contributed by atoms with Gasteiger partial charge in [-0.25, -0.2) is 9.67 Å². The third-order valence-corrected chi connectivity index (χ3v) is 5.26. The summed E-state index contributed by atoms with van der Waals surface area (Å²) >= 11 is 0. The smallest absolute Gasteiger partial charge is 0.257 e. The molecule has 0 spiro atoms. The lowest BCUT2D eigenvalue weighted by molar-refractivity contribution is 0.102. The first-order chi connectivity index (χ1) is 13.5. The van der Waals surface area contributed by atoms with Crippen molar-refractivity contribution in [2.45, 2.75) is 40.2 Å². The van der Waals surface area contributed by atoms with E-state index in [1.807, 2.05) is 41.9 Å². The number of rotatable bonds is 4. The average molecular weight is 372 g/mol. The van der Waals surface area contributed by atoms with Crippen molar-refractivity contribution in [3.63, 3.8) is 0 Å². The number of carbonyl (C=O) groups is 1. The second kappa shape index (κ2) is 7.08. The molecule has 5 heteroatoms. The number of nitrogens with zero attached hydrogens (tertiary/aromatic N) is 3. The van der Waals surface area contributed by atoms with E-state index in [9.17, 15) is 4.79 Å². The molecule has 4 aromatic rings. The molecule has 0 fully saturated rings. The van der Waals surface area contributed by atoms with Crippen molar-refractivity contribution < 1.29 is 4.79 Å². The molecule has 0 aliphatic rings. The van der Waals surface area contributed by atoms with E-state index in [1.165, 1.54) is 5.56 Å². The van der Waals surface area contributed by atoms with Crippen LogP contribution in [-0.4, -0.2) is 20.7 Å². The standard InChI is InChI=1S/C23H24N4O/c1-5-16(4)27-22-19(13-17-12-14(2)10-11-20(17)24-22)21(26-27)25-23(28)18-9-7-6-8-15(18)3/h6-13,16H,5H2,1-4H3,(H,25,26,28). The zero-order chi connectivity index (χ0) is 19.8. The predicted octanol–water partition coefficient (Wildman–Crippen LogP) is 5.42. The molecule has 0 aliphatic heterocycles. The number of benzene rings is 2. The van der Waals surface area contributed by atoms with Crippen LogP contribution in [0.15, 0.2) is 48.5 Å². The van der Waals surface area contributed by atoms with Gasteiger partial charge in [-0.1, -0.05) is 36.8 Å². The highest BCUT2D eigenvalue weighted by Gasteiger charge is 2.19. The van der Waals surface area contributed by atoms with E-state index in [2.05, 4.69) is 44.3 Å². The summed E-state index contributed by atoms with van der Waals surface area (Å²) in [4.78, 5) is 17.7. The Bertz CT molecular complexity index is 1190. The maximum absolute atomic E-state index is 12.9. The van der Waals surface area contributed by atoms with Gasteiger partial charge in [0.25, 0.3) is 5.91 Å². The molecule has 5 nitrogen and oxygen atoms in total. The fraction of sp³-hybridized carbons (Fsp3) is 0.261. The number of amides is 1. The first-order valence-electron chi connectivity index (χ1n) is 9.64. The van der Waals surface area contributed by atoms with Crippen LogP contribution in [0.25, 0.3) is 21.9 Å². The highest BCUT2D eigenvalue weighted by molar-refractivity contribution is 6.09. The second-order valence-corrected chi connectivity index (χ2v) is 7.38. The summed E-state index contributed by atoms with van der Waals surface area (Å²) in [6.45, 7) is 8.23. The van der Waals surface area contributed by atoms with Crippen LogP contribution in [0, 0.1) is 13.8 Å². The number of anilines is 1. The van der Waals surface area contributed by atoms with Gasteiger partial charge in [-0.05, 0) is 57.0 Å². The lowest BCUT2D eigenvalue weighted by Crippen LogP contribution is -2.14. The maximum atomic E-state index is 12.9. The van der Waals surface area contributed by atoms with Gasteiger partial charge in [-0.15, -0.1) is 0 Å². The van der Waals surface area contributed by atoms with E-state index < -0.39 is 0 Å². The number of aromatic nitrogens is 3. The lowest BCUT2D eigenvalue weighted by Gasteiger charge is -2.10. The van der Waals surface area contributed by atoms with Crippen LogP contribution in [0.1, 0.15) is 47.8 Å². The summed E-state index contributed by atoms with van der Waals surface area (Å²) in [6, 6.07) is 16.0. The number of hydrogen-bond acceptors (Lipinski definition) is 3. The normalized spacial score (nSPS) is 12.4.